The molecule has 4 nitrogen and oxygen atoms in total. The third-order valence-corrected chi connectivity index (χ3v) is 8.48. The largest absolute Gasteiger partial charge is 0.515 e. The molecule has 17 heavy (non-hydrogen) atoms. The summed E-state index contributed by atoms with van der Waals surface area (Å²) in [4.78, 5) is 0. The van der Waals surface area contributed by atoms with Gasteiger partial charge >= 0.3 is 8.80 Å². The molecule has 0 aliphatic rings. The Balaban J connectivity index is 4.75. The first-order valence-electron chi connectivity index (χ1n) is 6.44. The maximum absolute atomic E-state index is 5.85. The van der Waals surface area contributed by atoms with Gasteiger partial charge in [0.1, 0.15) is 8.24 Å². The van der Waals surface area contributed by atoms with Crippen molar-refractivity contribution in [2.45, 2.75) is 40.4 Å². The van der Waals surface area contributed by atoms with Crippen LogP contribution in [-0.4, -0.2) is 54.6 Å². The van der Waals surface area contributed by atoms with Gasteiger partial charge < -0.3 is 17.8 Å². The molecule has 0 atom stereocenters. The Hall–Kier alpha value is 0.274. The lowest BCUT2D eigenvalue weighted by Crippen LogP contribution is -2.59. The van der Waals surface area contributed by atoms with Gasteiger partial charge in [-0.1, -0.05) is 19.6 Å². The van der Waals surface area contributed by atoms with E-state index in [9.17, 15) is 0 Å². The third-order valence-electron chi connectivity index (χ3n) is 2.67. The molecule has 104 valence electrons. The molecule has 0 aromatic rings. The first-order chi connectivity index (χ1) is 7.81. The Kier molecular flexibility index (Phi) is 7.78. The van der Waals surface area contributed by atoms with E-state index in [-0.39, 0.29) is 0 Å². The van der Waals surface area contributed by atoms with E-state index in [4.69, 9.17) is 13.3 Å². The monoisotopic (exact) mass is 279 g/mol. The molecule has 6 heteroatoms. The Morgan fingerprint density at radius 3 is 1.41 bits per heavy atom. The molecule has 0 aromatic carbocycles. The summed E-state index contributed by atoms with van der Waals surface area (Å²) in [5.74, 6) is 0. The van der Waals surface area contributed by atoms with Crippen LogP contribution in [0.25, 0.3) is 0 Å². The SMILES string of the molecule is CCO[Si](CN(C)[Si](C)(C)C)(OCC)OCC. The van der Waals surface area contributed by atoms with E-state index in [1.807, 2.05) is 20.8 Å². The van der Waals surface area contributed by atoms with Crippen LogP contribution < -0.4 is 0 Å². The van der Waals surface area contributed by atoms with E-state index in [1.54, 1.807) is 0 Å². The molecule has 0 amide bonds. The first-order valence-corrected chi connectivity index (χ1v) is 11.8. The maximum atomic E-state index is 5.85. The molecule has 0 saturated carbocycles. The second-order valence-corrected chi connectivity index (χ2v) is 12.7. The summed E-state index contributed by atoms with van der Waals surface area (Å²) in [6.07, 6.45) is 0.790. The predicted octanol–water partition coefficient (Wildman–Crippen LogP) is 2.34. The van der Waals surface area contributed by atoms with E-state index in [1.165, 1.54) is 0 Å². The van der Waals surface area contributed by atoms with Crippen LogP contribution in [-0.2, 0) is 13.3 Å². The van der Waals surface area contributed by atoms with Crippen molar-refractivity contribution in [2.75, 3.05) is 33.0 Å². The molecular formula is C11H29NO3Si2. The molecule has 0 aromatic heterocycles. The normalized spacial score (nSPS) is 13.4. The number of nitrogens with zero attached hydrogens (tertiary/aromatic N) is 1. The summed E-state index contributed by atoms with van der Waals surface area (Å²) in [7, 11) is -1.69. The van der Waals surface area contributed by atoms with Gasteiger partial charge in [-0.3, -0.25) is 0 Å². The van der Waals surface area contributed by atoms with E-state index >= 15 is 0 Å². The minimum atomic E-state index is -2.51. The van der Waals surface area contributed by atoms with E-state index in [2.05, 4.69) is 31.3 Å². The van der Waals surface area contributed by atoms with E-state index in [0.717, 1.165) is 6.17 Å². The van der Waals surface area contributed by atoms with Crippen LogP contribution in [0.1, 0.15) is 20.8 Å². The van der Waals surface area contributed by atoms with Gasteiger partial charge in [0.05, 0.1) is 6.17 Å². The van der Waals surface area contributed by atoms with Crippen LogP contribution in [0.4, 0.5) is 0 Å². The zero-order valence-electron chi connectivity index (χ0n) is 12.5. The zero-order valence-corrected chi connectivity index (χ0v) is 14.5. The Morgan fingerprint density at radius 2 is 1.18 bits per heavy atom. The second-order valence-electron chi connectivity index (χ2n) is 5.01. The van der Waals surface area contributed by atoms with Gasteiger partial charge in [-0.05, 0) is 27.8 Å². The minimum Gasteiger partial charge on any atom is -0.373 e. The molecule has 0 radical (unpaired) electrons. The van der Waals surface area contributed by atoms with Gasteiger partial charge in [0.2, 0.25) is 0 Å². The maximum Gasteiger partial charge on any atom is 0.515 e. The molecule has 0 bridgehead atoms. The van der Waals surface area contributed by atoms with Crippen molar-refractivity contribution in [1.82, 2.24) is 4.57 Å². The average Bonchev–Trinajstić information content (AvgIpc) is 2.17. The van der Waals surface area contributed by atoms with Gasteiger partial charge in [-0.2, -0.15) is 0 Å². The van der Waals surface area contributed by atoms with Crippen LogP contribution >= 0.6 is 0 Å². The van der Waals surface area contributed by atoms with Crippen molar-refractivity contribution in [3.05, 3.63) is 0 Å². The fourth-order valence-electron chi connectivity index (χ4n) is 1.45. The molecule has 0 heterocycles. The van der Waals surface area contributed by atoms with Crippen molar-refractivity contribution in [3.63, 3.8) is 0 Å². The molecule has 0 rings (SSSR count). The smallest absolute Gasteiger partial charge is 0.373 e. The Bertz CT molecular complexity index is 192. The fourth-order valence-corrected chi connectivity index (χ4v) is 6.35. The zero-order chi connectivity index (χ0) is 13.5. The fraction of sp³-hybridized carbons (Fsp3) is 1.00. The summed E-state index contributed by atoms with van der Waals surface area (Å²) >= 11 is 0. The number of rotatable bonds is 9. The first kappa shape index (κ1) is 17.3. The quantitative estimate of drug-likeness (QED) is 0.606. The van der Waals surface area contributed by atoms with Crippen molar-refractivity contribution >= 4 is 17.0 Å². The lowest BCUT2D eigenvalue weighted by Gasteiger charge is -2.37. The summed E-state index contributed by atoms with van der Waals surface area (Å²) in [6, 6.07) is 0. The van der Waals surface area contributed by atoms with Crippen molar-refractivity contribution in [3.8, 4) is 0 Å². The van der Waals surface area contributed by atoms with E-state index < -0.39 is 17.0 Å². The second kappa shape index (κ2) is 7.65. The highest BCUT2D eigenvalue weighted by molar-refractivity contribution is 6.74. The summed E-state index contributed by atoms with van der Waals surface area (Å²) in [5.41, 5.74) is 0. The summed E-state index contributed by atoms with van der Waals surface area (Å²) in [6.45, 7) is 14.9. The molecule has 0 spiro atoms. The van der Waals surface area contributed by atoms with Crippen LogP contribution in [0.15, 0.2) is 0 Å². The van der Waals surface area contributed by atoms with Gasteiger partial charge in [-0.25, -0.2) is 0 Å². The van der Waals surface area contributed by atoms with Crippen molar-refractivity contribution < 1.29 is 13.3 Å². The number of hydrogen-bond donors (Lipinski definition) is 0. The van der Waals surface area contributed by atoms with Crippen LogP contribution in [0.2, 0.25) is 19.6 Å². The van der Waals surface area contributed by atoms with Crippen LogP contribution in [0, 0.1) is 0 Å². The average molecular weight is 280 g/mol. The molecular weight excluding hydrogens is 250 g/mol. The molecule has 0 fully saturated rings. The topological polar surface area (TPSA) is 30.9 Å². The van der Waals surface area contributed by atoms with Crippen molar-refractivity contribution in [1.29, 1.82) is 0 Å². The van der Waals surface area contributed by atoms with Crippen LogP contribution in [0.3, 0.4) is 0 Å². The van der Waals surface area contributed by atoms with Crippen LogP contribution in [0.5, 0.6) is 0 Å². The molecule has 0 saturated heterocycles. The summed E-state index contributed by atoms with van der Waals surface area (Å²) in [5, 5.41) is 0. The molecule has 0 N–H and O–H groups in total. The Morgan fingerprint density at radius 1 is 0.824 bits per heavy atom. The molecule has 0 aliphatic carbocycles. The van der Waals surface area contributed by atoms with Gasteiger partial charge in [-0.15, -0.1) is 0 Å². The lowest BCUT2D eigenvalue weighted by molar-refractivity contribution is 0.0651. The molecule has 0 aliphatic heterocycles. The molecule has 0 unspecified atom stereocenters. The highest BCUT2D eigenvalue weighted by Gasteiger charge is 2.43. The highest BCUT2D eigenvalue weighted by Crippen LogP contribution is 2.16. The third kappa shape index (κ3) is 6.12. The Labute approximate surface area is 109 Å². The predicted molar refractivity (Wildman–Crippen MR) is 76.6 cm³/mol. The van der Waals surface area contributed by atoms with Crippen molar-refractivity contribution in [2.24, 2.45) is 0 Å². The number of hydrogen-bond acceptors (Lipinski definition) is 4. The minimum absolute atomic E-state index is 0.645. The van der Waals surface area contributed by atoms with E-state index in [0.29, 0.717) is 19.8 Å². The highest BCUT2D eigenvalue weighted by atomic mass is 28.4. The standard InChI is InChI=1S/C11H29NO3Si2/c1-8-13-17(14-9-2,15-10-3)11-12(4)16(5,6)7/h8-11H2,1-7H3. The van der Waals surface area contributed by atoms with Gasteiger partial charge in [0, 0.05) is 19.8 Å². The van der Waals surface area contributed by atoms with Gasteiger partial charge in [0.15, 0.2) is 0 Å². The lowest BCUT2D eigenvalue weighted by atomic mass is 10.9. The van der Waals surface area contributed by atoms with Gasteiger partial charge in [0.25, 0.3) is 0 Å². The summed E-state index contributed by atoms with van der Waals surface area (Å²) < 4.78 is 19.9.